The van der Waals surface area contributed by atoms with E-state index in [9.17, 15) is 9.59 Å². The molecule has 0 bridgehead atoms. The number of anilines is 1. The molecule has 1 amide bonds. The molecule has 1 heterocycles. The first-order valence-corrected chi connectivity index (χ1v) is 7.16. The van der Waals surface area contributed by atoms with Gasteiger partial charge in [0.1, 0.15) is 0 Å². The minimum Gasteiger partial charge on any atom is -0.322 e. The molecule has 1 aromatic heterocycles. The molecule has 3 aromatic rings. The van der Waals surface area contributed by atoms with Gasteiger partial charge in [0.2, 0.25) is 0 Å². The van der Waals surface area contributed by atoms with Gasteiger partial charge in [-0.15, -0.1) is 0 Å². The zero-order valence-corrected chi connectivity index (χ0v) is 12.6. The van der Waals surface area contributed by atoms with E-state index in [4.69, 9.17) is 0 Å². The van der Waals surface area contributed by atoms with E-state index in [1.807, 2.05) is 18.3 Å². The van der Waals surface area contributed by atoms with Crippen LogP contribution in [0.15, 0.2) is 67.0 Å². The Bertz CT molecular complexity index is 854. The van der Waals surface area contributed by atoms with Gasteiger partial charge in [-0.1, -0.05) is 18.2 Å². The van der Waals surface area contributed by atoms with Crippen molar-refractivity contribution in [2.45, 2.75) is 6.92 Å². The van der Waals surface area contributed by atoms with Crippen LogP contribution in [0, 0.1) is 0 Å². The summed E-state index contributed by atoms with van der Waals surface area (Å²) in [7, 11) is 0. The highest BCUT2D eigenvalue weighted by Crippen LogP contribution is 2.15. The average molecular weight is 305 g/mol. The molecule has 0 unspecified atom stereocenters. The topological polar surface area (TPSA) is 64.0 Å². The quantitative estimate of drug-likeness (QED) is 0.752. The molecule has 0 radical (unpaired) electrons. The fourth-order valence-corrected chi connectivity index (χ4v) is 2.23. The Morgan fingerprint density at radius 3 is 2.52 bits per heavy atom. The summed E-state index contributed by atoms with van der Waals surface area (Å²) in [6.45, 7) is 1.49. The van der Waals surface area contributed by atoms with E-state index in [2.05, 4.69) is 10.4 Å². The number of rotatable bonds is 4. The lowest BCUT2D eigenvalue weighted by Crippen LogP contribution is -2.12. The first-order valence-electron chi connectivity index (χ1n) is 7.16. The van der Waals surface area contributed by atoms with E-state index in [0.29, 0.717) is 16.8 Å². The van der Waals surface area contributed by atoms with Crippen LogP contribution in [0.25, 0.3) is 5.69 Å². The number of carbonyl (C=O) groups is 2. The number of nitrogens with one attached hydrogen (secondary N) is 1. The minimum absolute atomic E-state index is 0.0400. The largest absolute Gasteiger partial charge is 0.322 e. The highest BCUT2D eigenvalue weighted by molar-refractivity contribution is 6.05. The van der Waals surface area contributed by atoms with Crippen LogP contribution < -0.4 is 5.32 Å². The fraction of sp³-hybridized carbons (Fsp3) is 0.0556. The Morgan fingerprint density at radius 2 is 1.78 bits per heavy atom. The van der Waals surface area contributed by atoms with Crippen LogP contribution in [0.4, 0.5) is 5.69 Å². The summed E-state index contributed by atoms with van der Waals surface area (Å²) in [4.78, 5) is 23.8. The predicted octanol–water partition coefficient (Wildman–Crippen LogP) is 3.33. The molecule has 0 saturated heterocycles. The standard InChI is InChI=1S/C18H15N3O2/c1-13(22)14-5-2-7-16(11-14)20-18(23)15-6-3-8-17(12-15)21-10-4-9-19-21/h2-12H,1H3,(H,20,23). The Kier molecular flexibility index (Phi) is 4.01. The molecular weight excluding hydrogens is 290 g/mol. The second-order valence-electron chi connectivity index (χ2n) is 5.09. The van der Waals surface area contributed by atoms with E-state index in [0.717, 1.165) is 5.69 Å². The predicted molar refractivity (Wildman–Crippen MR) is 88.0 cm³/mol. The number of carbonyl (C=O) groups excluding carboxylic acids is 2. The van der Waals surface area contributed by atoms with Crippen LogP contribution in [0.2, 0.25) is 0 Å². The van der Waals surface area contributed by atoms with Crippen molar-refractivity contribution in [2.24, 2.45) is 0 Å². The maximum Gasteiger partial charge on any atom is 0.255 e. The van der Waals surface area contributed by atoms with Gasteiger partial charge in [0, 0.05) is 29.2 Å². The Morgan fingerprint density at radius 1 is 1.00 bits per heavy atom. The SMILES string of the molecule is CC(=O)c1cccc(NC(=O)c2cccc(-n3cccn3)c2)c1. The van der Waals surface area contributed by atoms with E-state index in [-0.39, 0.29) is 11.7 Å². The van der Waals surface area contributed by atoms with Gasteiger partial charge in [-0.05, 0) is 43.3 Å². The third kappa shape index (κ3) is 3.35. The molecule has 0 fully saturated rings. The third-order valence-corrected chi connectivity index (χ3v) is 3.40. The molecule has 2 aromatic carbocycles. The second kappa shape index (κ2) is 6.27. The lowest BCUT2D eigenvalue weighted by molar-refractivity contribution is 0.101. The lowest BCUT2D eigenvalue weighted by atomic mass is 10.1. The molecule has 1 N–H and O–H groups in total. The number of nitrogens with zero attached hydrogens (tertiary/aromatic N) is 2. The molecule has 0 aliphatic carbocycles. The summed E-state index contributed by atoms with van der Waals surface area (Å²) in [5.41, 5.74) is 2.48. The second-order valence-corrected chi connectivity index (χ2v) is 5.09. The molecular formula is C18H15N3O2. The molecule has 3 rings (SSSR count). The molecule has 0 aliphatic heterocycles. The van der Waals surface area contributed by atoms with Crippen molar-refractivity contribution in [1.29, 1.82) is 0 Å². The maximum atomic E-state index is 12.4. The van der Waals surface area contributed by atoms with Gasteiger partial charge < -0.3 is 5.32 Å². The maximum absolute atomic E-state index is 12.4. The van der Waals surface area contributed by atoms with Crippen LogP contribution >= 0.6 is 0 Å². The van der Waals surface area contributed by atoms with Gasteiger partial charge in [0.15, 0.2) is 5.78 Å². The highest BCUT2D eigenvalue weighted by Gasteiger charge is 2.09. The molecule has 5 heteroatoms. The summed E-state index contributed by atoms with van der Waals surface area (Å²) in [5, 5.41) is 6.95. The summed E-state index contributed by atoms with van der Waals surface area (Å²) >= 11 is 0. The van der Waals surface area contributed by atoms with Gasteiger partial charge in [0.05, 0.1) is 5.69 Å². The van der Waals surface area contributed by atoms with Crippen molar-refractivity contribution in [2.75, 3.05) is 5.32 Å². The first-order chi connectivity index (χ1) is 11.1. The Labute approximate surface area is 133 Å². The van der Waals surface area contributed by atoms with Crippen LogP contribution in [-0.4, -0.2) is 21.5 Å². The number of hydrogen-bond acceptors (Lipinski definition) is 3. The van der Waals surface area contributed by atoms with Crippen molar-refractivity contribution in [3.05, 3.63) is 78.1 Å². The summed E-state index contributed by atoms with van der Waals surface area (Å²) in [5.74, 6) is -0.276. The minimum atomic E-state index is -0.236. The molecule has 114 valence electrons. The number of Topliss-reactive ketones (excluding diaryl/α,β-unsaturated/α-hetero) is 1. The highest BCUT2D eigenvalue weighted by atomic mass is 16.1. The van der Waals surface area contributed by atoms with Gasteiger partial charge in [-0.25, -0.2) is 4.68 Å². The molecule has 0 spiro atoms. The number of amides is 1. The number of aromatic nitrogens is 2. The van der Waals surface area contributed by atoms with E-state index < -0.39 is 0 Å². The number of ketones is 1. The molecule has 0 atom stereocenters. The molecule has 23 heavy (non-hydrogen) atoms. The van der Waals surface area contributed by atoms with Crippen molar-refractivity contribution in [1.82, 2.24) is 9.78 Å². The van der Waals surface area contributed by atoms with Crippen LogP contribution in [-0.2, 0) is 0 Å². The zero-order chi connectivity index (χ0) is 16.2. The number of benzene rings is 2. The van der Waals surface area contributed by atoms with Crippen molar-refractivity contribution >= 4 is 17.4 Å². The van der Waals surface area contributed by atoms with Crippen LogP contribution in [0.5, 0.6) is 0 Å². The zero-order valence-electron chi connectivity index (χ0n) is 12.6. The van der Waals surface area contributed by atoms with Crippen molar-refractivity contribution in [3.8, 4) is 5.69 Å². The molecule has 0 saturated carbocycles. The van der Waals surface area contributed by atoms with E-state index >= 15 is 0 Å². The fourth-order valence-electron chi connectivity index (χ4n) is 2.23. The monoisotopic (exact) mass is 305 g/mol. The Balaban J connectivity index is 1.82. The summed E-state index contributed by atoms with van der Waals surface area (Å²) < 4.78 is 1.69. The third-order valence-electron chi connectivity index (χ3n) is 3.40. The first kappa shape index (κ1) is 14.7. The Hall–Kier alpha value is -3.21. The van der Waals surface area contributed by atoms with Gasteiger partial charge in [-0.2, -0.15) is 5.10 Å². The average Bonchev–Trinajstić information content (AvgIpc) is 3.10. The normalized spacial score (nSPS) is 10.3. The number of hydrogen-bond donors (Lipinski definition) is 1. The molecule has 0 aliphatic rings. The molecule has 5 nitrogen and oxygen atoms in total. The van der Waals surface area contributed by atoms with E-state index in [1.54, 1.807) is 53.3 Å². The van der Waals surface area contributed by atoms with Crippen molar-refractivity contribution in [3.63, 3.8) is 0 Å². The summed E-state index contributed by atoms with van der Waals surface area (Å²) in [6, 6.07) is 15.9. The van der Waals surface area contributed by atoms with Gasteiger partial charge in [-0.3, -0.25) is 9.59 Å². The van der Waals surface area contributed by atoms with Gasteiger partial charge >= 0.3 is 0 Å². The van der Waals surface area contributed by atoms with Crippen molar-refractivity contribution < 1.29 is 9.59 Å². The summed E-state index contributed by atoms with van der Waals surface area (Å²) in [6.07, 6.45) is 3.49. The van der Waals surface area contributed by atoms with E-state index in [1.165, 1.54) is 6.92 Å². The smallest absolute Gasteiger partial charge is 0.255 e. The van der Waals surface area contributed by atoms with Crippen LogP contribution in [0.1, 0.15) is 27.6 Å². The van der Waals surface area contributed by atoms with Gasteiger partial charge in [0.25, 0.3) is 5.91 Å². The van der Waals surface area contributed by atoms with Crippen LogP contribution in [0.3, 0.4) is 0 Å². The lowest BCUT2D eigenvalue weighted by Gasteiger charge is -2.08.